The molecule has 3 nitrogen and oxygen atoms in total. The molecule has 0 spiro atoms. The van der Waals surface area contributed by atoms with Crippen molar-refractivity contribution in [3.8, 4) is 0 Å². The van der Waals surface area contributed by atoms with Crippen molar-refractivity contribution >= 4 is 11.5 Å². The average Bonchev–Trinajstić information content (AvgIpc) is 2.90. The Hall–Kier alpha value is -2.39. The van der Waals surface area contributed by atoms with Crippen LogP contribution in [0.5, 0.6) is 0 Å². The van der Waals surface area contributed by atoms with Gasteiger partial charge >= 0.3 is 0 Å². The van der Waals surface area contributed by atoms with Gasteiger partial charge in [0.2, 0.25) is 0 Å². The molecule has 2 aromatic carbocycles. The summed E-state index contributed by atoms with van der Waals surface area (Å²) in [6.07, 6.45) is 4.73. The van der Waals surface area contributed by atoms with Gasteiger partial charge in [0.15, 0.2) is 5.78 Å². The van der Waals surface area contributed by atoms with Crippen LogP contribution in [0.4, 0.5) is 5.69 Å². The van der Waals surface area contributed by atoms with Crippen molar-refractivity contribution in [1.29, 1.82) is 0 Å². The lowest BCUT2D eigenvalue weighted by atomic mass is 9.87. The Bertz CT molecular complexity index is 882. The lowest BCUT2D eigenvalue weighted by Crippen LogP contribution is -2.26. The Morgan fingerprint density at radius 1 is 1.12 bits per heavy atom. The summed E-state index contributed by atoms with van der Waals surface area (Å²) in [4.78, 5) is 17.2. The summed E-state index contributed by atoms with van der Waals surface area (Å²) in [6.45, 7) is 7.41. The molecule has 0 radical (unpaired) electrons. The number of nitrogens with zero attached hydrogens (tertiary/aromatic N) is 2. The van der Waals surface area contributed by atoms with E-state index < -0.39 is 0 Å². The van der Waals surface area contributed by atoms with E-state index in [0.717, 1.165) is 31.6 Å². The Morgan fingerprint density at radius 3 is 2.77 bits per heavy atom. The molecule has 0 bridgehead atoms. The van der Waals surface area contributed by atoms with E-state index in [-0.39, 0.29) is 11.2 Å². The van der Waals surface area contributed by atoms with Crippen LogP contribution in [-0.4, -0.2) is 30.8 Å². The molecule has 2 aliphatic rings. The van der Waals surface area contributed by atoms with Gasteiger partial charge in [-0.15, -0.1) is 0 Å². The van der Waals surface area contributed by atoms with Crippen molar-refractivity contribution in [1.82, 2.24) is 4.90 Å². The molecule has 0 fully saturated rings. The molecule has 26 heavy (non-hydrogen) atoms. The molecule has 0 amide bonds. The van der Waals surface area contributed by atoms with E-state index in [2.05, 4.69) is 67.1 Å². The van der Waals surface area contributed by atoms with E-state index in [4.69, 9.17) is 0 Å². The summed E-state index contributed by atoms with van der Waals surface area (Å²) in [5.41, 5.74) is 6.08. The van der Waals surface area contributed by atoms with Crippen molar-refractivity contribution in [2.24, 2.45) is 0 Å². The van der Waals surface area contributed by atoms with E-state index in [1.807, 2.05) is 12.3 Å². The zero-order chi connectivity index (χ0) is 18.3. The van der Waals surface area contributed by atoms with Crippen LogP contribution in [0, 0.1) is 0 Å². The number of ketones is 1. The fourth-order valence-corrected chi connectivity index (χ4v) is 4.13. The van der Waals surface area contributed by atoms with Crippen LogP contribution in [0.1, 0.15) is 40.9 Å². The van der Waals surface area contributed by atoms with Crippen LogP contribution in [0.3, 0.4) is 0 Å². The number of rotatable bonds is 3. The van der Waals surface area contributed by atoms with Crippen LogP contribution in [0.15, 0.2) is 54.7 Å². The van der Waals surface area contributed by atoms with Gasteiger partial charge < -0.3 is 9.80 Å². The highest BCUT2D eigenvalue weighted by atomic mass is 16.1. The van der Waals surface area contributed by atoms with Crippen molar-refractivity contribution < 1.29 is 4.79 Å². The number of likely N-dealkylation sites (N-methyl/N-ethyl adjacent to an activating group) is 1. The van der Waals surface area contributed by atoms with Crippen molar-refractivity contribution in [2.75, 3.05) is 25.0 Å². The van der Waals surface area contributed by atoms with E-state index in [9.17, 15) is 4.79 Å². The third kappa shape index (κ3) is 3.08. The van der Waals surface area contributed by atoms with E-state index in [1.54, 1.807) is 6.08 Å². The lowest BCUT2D eigenvalue weighted by molar-refractivity contribution is 0.104. The fourth-order valence-electron chi connectivity index (χ4n) is 4.13. The van der Waals surface area contributed by atoms with Crippen LogP contribution in [0.25, 0.3) is 0 Å². The first-order valence-electron chi connectivity index (χ1n) is 9.33. The topological polar surface area (TPSA) is 23.6 Å². The van der Waals surface area contributed by atoms with E-state index >= 15 is 0 Å². The number of para-hydroxylation sites is 1. The number of benzene rings is 2. The van der Waals surface area contributed by atoms with E-state index in [1.165, 1.54) is 22.4 Å². The highest BCUT2D eigenvalue weighted by Crippen LogP contribution is 2.40. The third-order valence-electron chi connectivity index (χ3n) is 5.61. The zero-order valence-corrected chi connectivity index (χ0v) is 15.8. The van der Waals surface area contributed by atoms with Gasteiger partial charge in [0, 0.05) is 48.6 Å². The number of hydrogen-bond acceptors (Lipinski definition) is 3. The molecule has 2 aromatic rings. The maximum absolute atomic E-state index is 12.7. The molecule has 2 aliphatic heterocycles. The molecule has 0 aromatic heterocycles. The SMILES string of the molecule is CN1CCc2ccc(C(=O)C=CN3CC(C)(C)c4ccccc43)cc2C1. The zero-order valence-electron chi connectivity index (χ0n) is 15.8. The summed E-state index contributed by atoms with van der Waals surface area (Å²) in [7, 11) is 2.13. The smallest absolute Gasteiger partial charge is 0.187 e. The van der Waals surface area contributed by atoms with Gasteiger partial charge in [0.05, 0.1) is 0 Å². The number of allylic oxidation sites excluding steroid dienone is 1. The van der Waals surface area contributed by atoms with E-state index in [0.29, 0.717) is 0 Å². The second kappa shape index (κ2) is 6.40. The van der Waals surface area contributed by atoms with Gasteiger partial charge in [-0.05, 0) is 42.3 Å². The van der Waals surface area contributed by atoms with Gasteiger partial charge in [-0.2, -0.15) is 0 Å². The summed E-state index contributed by atoms with van der Waals surface area (Å²) < 4.78 is 0. The Labute approximate surface area is 155 Å². The number of fused-ring (bicyclic) bond motifs is 2. The molecule has 134 valence electrons. The van der Waals surface area contributed by atoms with Crippen LogP contribution >= 0.6 is 0 Å². The molecule has 0 N–H and O–H groups in total. The molecule has 0 atom stereocenters. The quantitative estimate of drug-likeness (QED) is 0.616. The standard InChI is InChI=1S/C23H26N2O/c1-23(2)16-25(21-7-5-4-6-20(21)23)13-11-22(26)18-9-8-17-10-12-24(3)15-19(17)14-18/h4-9,11,13-14H,10,12,15-16H2,1-3H3. The van der Waals surface area contributed by atoms with Crippen molar-refractivity contribution in [3.05, 3.63) is 77.0 Å². The normalized spacial score (nSPS) is 18.8. The minimum absolute atomic E-state index is 0.0724. The van der Waals surface area contributed by atoms with Crippen molar-refractivity contribution in [2.45, 2.75) is 32.2 Å². The summed E-state index contributed by atoms with van der Waals surface area (Å²) in [5.74, 6) is 0.0724. The summed E-state index contributed by atoms with van der Waals surface area (Å²) in [5, 5.41) is 0. The summed E-state index contributed by atoms with van der Waals surface area (Å²) in [6, 6.07) is 14.6. The van der Waals surface area contributed by atoms with Gasteiger partial charge in [-0.3, -0.25) is 4.79 Å². The van der Waals surface area contributed by atoms with Crippen LogP contribution in [-0.2, 0) is 18.4 Å². The maximum atomic E-state index is 12.7. The number of anilines is 1. The minimum Gasteiger partial charge on any atom is -0.347 e. The van der Waals surface area contributed by atoms with Gasteiger partial charge in [-0.1, -0.05) is 44.2 Å². The molecular weight excluding hydrogens is 320 g/mol. The molecular formula is C23H26N2O. The number of carbonyl (C=O) groups excluding carboxylic acids is 1. The largest absolute Gasteiger partial charge is 0.347 e. The first-order chi connectivity index (χ1) is 12.4. The lowest BCUT2D eigenvalue weighted by Gasteiger charge is -2.25. The maximum Gasteiger partial charge on any atom is 0.187 e. The number of hydrogen-bond donors (Lipinski definition) is 0. The van der Waals surface area contributed by atoms with Crippen LogP contribution < -0.4 is 4.90 Å². The van der Waals surface area contributed by atoms with Crippen LogP contribution in [0.2, 0.25) is 0 Å². The number of carbonyl (C=O) groups is 1. The minimum atomic E-state index is 0.0724. The van der Waals surface area contributed by atoms with Crippen molar-refractivity contribution in [3.63, 3.8) is 0 Å². The Morgan fingerprint density at radius 2 is 1.92 bits per heavy atom. The van der Waals surface area contributed by atoms with Gasteiger partial charge in [0.1, 0.15) is 0 Å². The first kappa shape index (κ1) is 17.0. The predicted octanol–water partition coefficient (Wildman–Crippen LogP) is 4.17. The molecule has 0 aliphatic carbocycles. The fraction of sp³-hybridized carbons (Fsp3) is 0.348. The first-order valence-corrected chi connectivity index (χ1v) is 9.33. The highest BCUT2D eigenvalue weighted by molar-refractivity contribution is 6.04. The molecule has 0 saturated heterocycles. The molecule has 4 rings (SSSR count). The highest BCUT2D eigenvalue weighted by Gasteiger charge is 2.33. The molecule has 0 unspecified atom stereocenters. The monoisotopic (exact) mass is 346 g/mol. The average molecular weight is 346 g/mol. The van der Waals surface area contributed by atoms with Gasteiger partial charge in [0.25, 0.3) is 0 Å². The summed E-state index contributed by atoms with van der Waals surface area (Å²) >= 11 is 0. The Balaban J connectivity index is 1.55. The Kier molecular flexibility index (Phi) is 4.20. The molecule has 2 heterocycles. The third-order valence-corrected chi connectivity index (χ3v) is 5.61. The predicted molar refractivity (Wildman–Crippen MR) is 107 cm³/mol. The molecule has 3 heteroatoms. The second-order valence-electron chi connectivity index (χ2n) is 8.18. The second-order valence-corrected chi connectivity index (χ2v) is 8.18. The molecule has 0 saturated carbocycles. The van der Waals surface area contributed by atoms with Gasteiger partial charge in [-0.25, -0.2) is 0 Å².